The molecule has 1 aromatic carbocycles. The molecule has 3 heterocycles. The number of halogens is 2. The monoisotopic (exact) mass is 584 g/mol. The van der Waals surface area contributed by atoms with E-state index in [0.717, 1.165) is 58.4 Å². The molecule has 0 bridgehead atoms. The van der Waals surface area contributed by atoms with Crippen LogP contribution in [0.4, 0.5) is 10.1 Å². The van der Waals surface area contributed by atoms with Crippen LogP contribution in [0, 0.1) is 5.82 Å². The first-order valence-corrected chi connectivity index (χ1v) is 17.7. The van der Waals surface area contributed by atoms with Crippen molar-refractivity contribution < 1.29 is 19.0 Å². The van der Waals surface area contributed by atoms with Crippen molar-refractivity contribution in [3.8, 4) is 22.4 Å². The molecule has 11 heteroatoms. The van der Waals surface area contributed by atoms with E-state index in [0.29, 0.717) is 23.0 Å². The Morgan fingerprint density at radius 1 is 1.31 bits per heavy atom. The first-order valence-electron chi connectivity index (χ1n) is 12.7. The Balaban J connectivity index is 1.49. The van der Waals surface area contributed by atoms with Gasteiger partial charge in [-0.15, -0.1) is 11.3 Å². The highest BCUT2D eigenvalue weighted by Crippen LogP contribution is 2.40. The van der Waals surface area contributed by atoms with Crippen LogP contribution in [0.3, 0.4) is 0 Å². The van der Waals surface area contributed by atoms with Crippen molar-refractivity contribution in [3.05, 3.63) is 74.8 Å². The highest BCUT2D eigenvalue weighted by Gasteiger charge is 2.31. The third-order valence-electron chi connectivity index (χ3n) is 6.91. The smallest absolute Gasteiger partial charge is 0.348 e. The summed E-state index contributed by atoms with van der Waals surface area (Å²) in [5.74, 6) is -1.44. The lowest BCUT2D eigenvalue weighted by molar-refractivity contribution is 0.0697. The third-order valence-corrected chi connectivity index (χ3v) is 9.79. The summed E-state index contributed by atoms with van der Waals surface area (Å²) in [4.78, 5) is 20.7. The van der Waals surface area contributed by atoms with Crippen LogP contribution in [0.25, 0.3) is 22.4 Å². The molecule has 4 aromatic rings. The number of nitrogens with two attached hydrogens (primary N) is 1. The number of aromatic nitrogens is 3. The Bertz CT molecular complexity index is 1550. The SMILES string of the molecule is C[Si](C)(C)CCOCn1cc(-c2csc(C(=O)O)c2F)nc1C1CCc2cc(-c3cc(Cl)ccc3N)cnc21. The van der Waals surface area contributed by atoms with Crippen LogP contribution < -0.4 is 5.73 Å². The molecule has 1 unspecified atom stereocenters. The van der Waals surface area contributed by atoms with E-state index >= 15 is 0 Å². The molecule has 3 aromatic heterocycles. The number of fused-ring (bicyclic) bond motifs is 1. The van der Waals surface area contributed by atoms with Crippen molar-refractivity contribution in [2.75, 3.05) is 12.3 Å². The summed E-state index contributed by atoms with van der Waals surface area (Å²) >= 11 is 7.07. The number of carbonyl (C=O) groups is 1. The number of hydrogen-bond acceptors (Lipinski definition) is 6. The van der Waals surface area contributed by atoms with E-state index in [1.54, 1.807) is 24.5 Å². The largest absolute Gasteiger partial charge is 0.477 e. The van der Waals surface area contributed by atoms with E-state index in [9.17, 15) is 14.3 Å². The van der Waals surface area contributed by atoms with Crippen LogP contribution in [-0.4, -0.2) is 40.3 Å². The average Bonchev–Trinajstić information content (AvgIpc) is 3.58. The van der Waals surface area contributed by atoms with Crippen LogP contribution in [0.5, 0.6) is 0 Å². The number of carboxylic acids is 1. The molecule has 3 N–H and O–H groups in total. The van der Waals surface area contributed by atoms with E-state index < -0.39 is 19.9 Å². The number of benzene rings is 1. The van der Waals surface area contributed by atoms with Crippen LogP contribution in [0.2, 0.25) is 30.7 Å². The van der Waals surface area contributed by atoms with Crippen molar-refractivity contribution in [2.45, 2.75) is 51.2 Å². The Hall–Kier alpha value is -3.05. The van der Waals surface area contributed by atoms with Crippen LogP contribution >= 0.6 is 22.9 Å². The van der Waals surface area contributed by atoms with Crippen molar-refractivity contribution in [3.63, 3.8) is 0 Å². The Morgan fingerprint density at radius 3 is 2.82 bits per heavy atom. The van der Waals surface area contributed by atoms with Crippen LogP contribution in [0.15, 0.2) is 42.0 Å². The van der Waals surface area contributed by atoms with E-state index in [-0.39, 0.29) is 23.1 Å². The number of thiophene rings is 1. The zero-order valence-electron chi connectivity index (χ0n) is 22.0. The minimum absolute atomic E-state index is 0.110. The fourth-order valence-corrected chi connectivity index (χ4v) is 6.50. The molecular formula is C28H30ClFN4O3SSi. The molecule has 0 amide bonds. The maximum Gasteiger partial charge on any atom is 0.348 e. The third kappa shape index (κ3) is 5.79. The maximum absolute atomic E-state index is 15.0. The number of pyridine rings is 1. The fraction of sp³-hybridized carbons (Fsp3) is 0.321. The lowest BCUT2D eigenvalue weighted by Gasteiger charge is -2.17. The summed E-state index contributed by atoms with van der Waals surface area (Å²) in [6.07, 6.45) is 5.14. The molecule has 0 spiro atoms. The van der Waals surface area contributed by atoms with Gasteiger partial charge >= 0.3 is 5.97 Å². The molecule has 1 atom stereocenters. The molecular weight excluding hydrogens is 555 g/mol. The highest BCUT2D eigenvalue weighted by atomic mass is 35.5. The molecule has 0 aliphatic heterocycles. The summed E-state index contributed by atoms with van der Waals surface area (Å²) in [5, 5.41) is 11.4. The van der Waals surface area contributed by atoms with Crippen molar-refractivity contribution in [2.24, 2.45) is 0 Å². The van der Waals surface area contributed by atoms with Gasteiger partial charge in [0, 0.05) is 59.9 Å². The van der Waals surface area contributed by atoms with Gasteiger partial charge in [-0.05, 0) is 48.7 Å². The average molecular weight is 585 g/mol. The number of anilines is 1. The molecule has 39 heavy (non-hydrogen) atoms. The number of carboxylic acid groups (broad SMARTS) is 1. The number of imidazole rings is 1. The molecule has 0 fully saturated rings. The molecule has 204 valence electrons. The summed E-state index contributed by atoms with van der Waals surface area (Å²) in [5.41, 5.74) is 11.1. The van der Waals surface area contributed by atoms with Gasteiger partial charge in [0.25, 0.3) is 0 Å². The van der Waals surface area contributed by atoms with Gasteiger partial charge in [-0.2, -0.15) is 0 Å². The number of hydrogen-bond donors (Lipinski definition) is 2. The lowest BCUT2D eigenvalue weighted by Crippen LogP contribution is -2.22. The molecule has 1 aliphatic carbocycles. The van der Waals surface area contributed by atoms with Gasteiger partial charge in [0.05, 0.1) is 17.3 Å². The summed E-state index contributed by atoms with van der Waals surface area (Å²) < 4.78 is 22.9. The number of rotatable bonds is 9. The Kier molecular flexibility index (Phi) is 7.65. The Labute approximate surface area is 236 Å². The van der Waals surface area contributed by atoms with Crippen LogP contribution in [0.1, 0.15) is 39.1 Å². The van der Waals surface area contributed by atoms with E-state index in [1.807, 2.05) is 10.6 Å². The second-order valence-electron chi connectivity index (χ2n) is 11.0. The molecule has 0 saturated carbocycles. The van der Waals surface area contributed by atoms with Gasteiger partial charge < -0.3 is 20.1 Å². The van der Waals surface area contributed by atoms with E-state index in [4.69, 9.17) is 32.0 Å². The van der Waals surface area contributed by atoms with Gasteiger partial charge in [-0.1, -0.05) is 31.2 Å². The zero-order valence-corrected chi connectivity index (χ0v) is 24.6. The number of aromatic carboxylic acids is 1. The van der Waals surface area contributed by atoms with E-state index in [2.05, 4.69) is 25.7 Å². The Morgan fingerprint density at radius 2 is 2.10 bits per heavy atom. The number of ether oxygens (including phenoxy) is 1. The normalized spacial score (nSPS) is 15.1. The molecule has 0 radical (unpaired) electrons. The first kappa shape index (κ1) is 27.5. The molecule has 1 aliphatic rings. The van der Waals surface area contributed by atoms with Gasteiger partial charge in [0.1, 0.15) is 17.4 Å². The van der Waals surface area contributed by atoms with Crippen molar-refractivity contribution >= 4 is 42.7 Å². The van der Waals surface area contributed by atoms with Gasteiger partial charge in [-0.3, -0.25) is 4.98 Å². The highest BCUT2D eigenvalue weighted by molar-refractivity contribution is 7.12. The molecule has 5 rings (SSSR count). The summed E-state index contributed by atoms with van der Waals surface area (Å²) in [6, 6.07) is 8.50. The topological polar surface area (TPSA) is 103 Å². The number of nitrogen functional groups attached to an aromatic ring is 1. The molecule has 7 nitrogen and oxygen atoms in total. The predicted octanol–water partition coefficient (Wildman–Crippen LogP) is 7.14. The minimum atomic E-state index is -1.29. The molecule has 0 saturated heterocycles. The first-order chi connectivity index (χ1) is 18.5. The van der Waals surface area contributed by atoms with Crippen molar-refractivity contribution in [1.29, 1.82) is 0 Å². The second kappa shape index (κ2) is 10.8. The standard InChI is InChI=1S/C28H30ClFN4O3SSi/c1-39(2,3)9-8-37-15-34-13-23(21-14-38-26(24(21)30)28(35)36)33-27(34)19-6-4-16-10-17(12-32-25(16)19)20-11-18(29)5-7-22(20)31/h5,7,10-14,19H,4,6,8-9,15,31H2,1-3H3,(H,35,36). The van der Waals surface area contributed by atoms with E-state index in [1.165, 1.54) is 5.38 Å². The van der Waals surface area contributed by atoms with Crippen molar-refractivity contribution in [1.82, 2.24) is 14.5 Å². The van der Waals surface area contributed by atoms with Gasteiger partial charge in [0.15, 0.2) is 5.82 Å². The lowest BCUT2D eigenvalue weighted by atomic mass is 10.0. The fourth-order valence-electron chi connectivity index (χ4n) is 4.79. The van der Waals surface area contributed by atoms with Crippen LogP contribution in [-0.2, 0) is 17.9 Å². The second-order valence-corrected chi connectivity index (χ2v) is 17.9. The predicted molar refractivity (Wildman–Crippen MR) is 156 cm³/mol. The maximum atomic E-state index is 15.0. The zero-order chi connectivity index (χ0) is 27.9. The summed E-state index contributed by atoms with van der Waals surface area (Å²) in [6.45, 7) is 7.78. The number of aryl methyl sites for hydroxylation is 1. The van der Waals surface area contributed by atoms with Gasteiger partial charge in [0.2, 0.25) is 0 Å². The quantitative estimate of drug-likeness (QED) is 0.123. The minimum Gasteiger partial charge on any atom is -0.477 e. The van der Waals surface area contributed by atoms with Gasteiger partial charge in [-0.25, -0.2) is 14.2 Å². The number of nitrogens with zero attached hydrogens (tertiary/aromatic N) is 3. The summed E-state index contributed by atoms with van der Waals surface area (Å²) in [7, 11) is -1.27.